The lowest BCUT2D eigenvalue weighted by Gasteiger charge is -2.15. The summed E-state index contributed by atoms with van der Waals surface area (Å²) in [7, 11) is 0. The summed E-state index contributed by atoms with van der Waals surface area (Å²) < 4.78 is 0. The van der Waals surface area contributed by atoms with Crippen LogP contribution in [0.1, 0.15) is 36.7 Å². The van der Waals surface area contributed by atoms with E-state index < -0.39 is 0 Å². The number of rotatable bonds is 7. The Balaban J connectivity index is 2.41. The average molecular weight is 299 g/mol. The van der Waals surface area contributed by atoms with Crippen LogP contribution < -0.4 is 5.32 Å². The highest BCUT2D eigenvalue weighted by atomic mass is 79.9. The normalized spacial score (nSPS) is 12.1. The molecule has 1 amide bonds. The van der Waals surface area contributed by atoms with Gasteiger partial charge in [0.25, 0.3) is 5.91 Å². The average Bonchev–Trinajstić information content (AvgIpc) is 2.37. The van der Waals surface area contributed by atoms with Crippen LogP contribution >= 0.6 is 15.9 Å². The van der Waals surface area contributed by atoms with Gasteiger partial charge in [-0.3, -0.25) is 9.78 Å². The molecule has 4 heteroatoms. The molecular weight excluding hydrogens is 280 g/mol. The number of carbonyl (C=O) groups excluding carboxylic acids is 1. The summed E-state index contributed by atoms with van der Waals surface area (Å²) in [5.74, 6) is 0.466. The first kappa shape index (κ1) is 14.2. The van der Waals surface area contributed by atoms with Crippen molar-refractivity contribution in [2.45, 2.75) is 26.2 Å². The van der Waals surface area contributed by atoms with Gasteiger partial charge < -0.3 is 5.32 Å². The third kappa shape index (κ3) is 5.31. The zero-order valence-corrected chi connectivity index (χ0v) is 11.7. The summed E-state index contributed by atoms with van der Waals surface area (Å²) in [6.45, 7) is 2.90. The number of hydrogen-bond donors (Lipinski definition) is 1. The number of aromatic nitrogens is 1. The van der Waals surface area contributed by atoms with Crippen molar-refractivity contribution in [1.82, 2.24) is 10.3 Å². The van der Waals surface area contributed by atoms with E-state index in [1.807, 2.05) is 12.1 Å². The summed E-state index contributed by atoms with van der Waals surface area (Å²) >= 11 is 3.45. The van der Waals surface area contributed by atoms with Gasteiger partial charge in [0, 0.05) is 18.1 Å². The van der Waals surface area contributed by atoms with E-state index in [1.54, 1.807) is 12.3 Å². The highest BCUT2D eigenvalue weighted by Crippen LogP contribution is 2.11. The van der Waals surface area contributed by atoms with Gasteiger partial charge in [-0.05, 0) is 30.9 Å². The van der Waals surface area contributed by atoms with Crippen LogP contribution in [0.25, 0.3) is 0 Å². The number of carbonyl (C=O) groups is 1. The molecule has 1 aromatic heterocycles. The SMILES string of the molecule is CCCC(CCBr)CNC(=O)c1ccccn1. The maximum absolute atomic E-state index is 11.8. The Labute approximate surface area is 111 Å². The predicted octanol–water partition coefficient (Wildman–Crippen LogP) is 3.01. The molecule has 0 aromatic carbocycles. The zero-order valence-electron chi connectivity index (χ0n) is 10.2. The fourth-order valence-corrected chi connectivity index (χ4v) is 2.38. The molecular formula is C13H19BrN2O. The molecule has 1 aromatic rings. The molecule has 0 spiro atoms. The third-order valence-corrected chi connectivity index (χ3v) is 3.12. The first-order valence-electron chi connectivity index (χ1n) is 6.03. The summed E-state index contributed by atoms with van der Waals surface area (Å²) in [5, 5.41) is 3.93. The van der Waals surface area contributed by atoms with Crippen LogP contribution in [0.3, 0.4) is 0 Å². The number of hydrogen-bond acceptors (Lipinski definition) is 2. The Morgan fingerprint density at radius 1 is 1.47 bits per heavy atom. The minimum atomic E-state index is -0.0822. The van der Waals surface area contributed by atoms with Gasteiger partial charge in [0.1, 0.15) is 5.69 Å². The zero-order chi connectivity index (χ0) is 12.5. The Morgan fingerprint density at radius 2 is 2.29 bits per heavy atom. The number of nitrogens with one attached hydrogen (secondary N) is 1. The van der Waals surface area contributed by atoms with Gasteiger partial charge in [0.15, 0.2) is 0 Å². The van der Waals surface area contributed by atoms with E-state index in [0.29, 0.717) is 11.6 Å². The van der Waals surface area contributed by atoms with Crippen molar-refractivity contribution in [3.05, 3.63) is 30.1 Å². The van der Waals surface area contributed by atoms with E-state index in [-0.39, 0.29) is 5.91 Å². The lowest BCUT2D eigenvalue weighted by atomic mass is 10.0. The number of alkyl halides is 1. The number of halogens is 1. The third-order valence-electron chi connectivity index (χ3n) is 2.66. The van der Waals surface area contributed by atoms with Gasteiger partial charge in [0.2, 0.25) is 0 Å². The predicted molar refractivity (Wildman–Crippen MR) is 73.4 cm³/mol. The quantitative estimate of drug-likeness (QED) is 0.786. The second-order valence-electron chi connectivity index (χ2n) is 4.06. The Bertz CT molecular complexity index is 323. The van der Waals surface area contributed by atoms with Gasteiger partial charge in [-0.15, -0.1) is 0 Å². The molecule has 3 nitrogen and oxygen atoms in total. The molecule has 94 valence electrons. The summed E-state index contributed by atoms with van der Waals surface area (Å²) in [5.41, 5.74) is 0.488. The number of nitrogens with zero attached hydrogens (tertiary/aromatic N) is 1. The first-order chi connectivity index (χ1) is 8.27. The standard InChI is InChI=1S/C13H19BrN2O/c1-2-5-11(7-8-14)10-16-13(17)12-6-3-4-9-15-12/h3-4,6,9,11H,2,5,7-8,10H2,1H3,(H,16,17). The largest absolute Gasteiger partial charge is 0.350 e. The molecule has 0 fully saturated rings. The van der Waals surface area contributed by atoms with Gasteiger partial charge in [0.05, 0.1) is 0 Å². The lowest BCUT2D eigenvalue weighted by molar-refractivity contribution is 0.0941. The van der Waals surface area contributed by atoms with Crippen LogP contribution in [0.2, 0.25) is 0 Å². The Morgan fingerprint density at radius 3 is 2.88 bits per heavy atom. The molecule has 0 radical (unpaired) electrons. The van der Waals surface area contributed by atoms with Crippen LogP contribution in [-0.2, 0) is 0 Å². The van der Waals surface area contributed by atoms with Crippen molar-refractivity contribution in [3.8, 4) is 0 Å². The van der Waals surface area contributed by atoms with E-state index in [4.69, 9.17) is 0 Å². The van der Waals surface area contributed by atoms with Crippen molar-refractivity contribution >= 4 is 21.8 Å². The fourth-order valence-electron chi connectivity index (χ4n) is 1.74. The molecule has 1 rings (SSSR count). The van der Waals surface area contributed by atoms with Crippen molar-refractivity contribution < 1.29 is 4.79 Å². The number of pyridine rings is 1. The second-order valence-corrected chi connectivity index (χ2v) is 4.85. The highest BCUT2D eigenvalue weighted by Gasteiger charge is 2.10. The van der Waals surface area contributed by atoms with E-state index >= 15 is 0 Å². The molecule has 0 aliphatic rings. The van der Waals surface area contributed by atoms with Crippen molar-refractivity contribution in [3.63, 3.8) is 0 Å². The topological polar surface area (TPSA) is 42.0 Å². The molecule has 0 aliphatic heterocycles. The first-order valence-corrected chi connectivity index (χ1v) is 7.15. The maximum Gasteiger partial charge on any atom is 0.269 e. The minimum absolute atomic E-state index is 0.0822. The van der Waals surface area contributed by atoms with Crippen molar-refractivity contribution in [2.75, 3.05) is 11.9 Å². The summed E-state index contributed by atoms with van der Waals surface area (Å²) in [4.78, 5) is 15.8. The van der Waals surface area contributed by atoms with Gasteiger partial charge in [-0.25, -0.2) is 0 Å². The molecule has 1 N–H and O–H groups in total. The van der Waals surface area contributed by atoms with E-state index in [2.05, 4.69) is 33.2 Å². The minimum Gasteiger partial charge on any atom is -0.350 e. The lowest BCUT2D eigenvalue weighted by Crippen LogP contribution is -2.30. The van der Waals surface area contributed by atoms with E-state index in [9.17, 15) is 4.79 Å². The molecule has 0 saturated heterocycles. The second kappa shape index (κ2) is 8.23. The van der Waals surface area contributed by atoms with Crippen molar-refractivity contribution in [2.24, 2.45) is 5.92 Å². The van der Waals surface area contributed by atoms with Gasteiger partial charge in [-0.2, -0.15) is 0 Å². The Hall–Kier alpha value is -0.900. The molecule has 0 aliphatic carbocycles. The Kier molecular flexibility index (Phi) is 6.86. The van der Waals surface area contributed by atoms with Crippen LogP contribution in [0, 0.1) is 5.92 Å². The summed E-state index contributed by atoms with van der Waals surface area (Å²) in [6.07, 6.45) is 5.03. The highest BCUT2D eigenvalue weighted by molar-refractivity contribution is 9.09. The van der Waals surface area contributed by atoms with Crippen LogP contribution in [0.15, 0.2) is 24.4 Å². The molecule has 1 atom stereocenters. The molecule has 17 heavy (non-hydrogen) atoms. The maximum atomic E-state index is 11.8. The molecule has 1 unspecified atom stereocenters. The molecule has 0 saturated carbocycles. The van der Waals surface area contributed by atoms with Crippen molar-refractivity contribution in [1.29, 1.82) is 0 Å². The summed E-state index contributed by atoms with van der Waals surface area (Å²) in [6, 6.07) is 5.36. The molecule has 1 heterocycles. The molecule has 0 bridgehead atoms. The number of amides is 1. The van der Waals surface area contributed by atoms with E-state index in [0.717, 1.165) is 31.1 Å². The van der Waals surface area contributed by atoms with Crippen LogP contribution in [0.4, 0.5) is 0 Å². The van der Waals surface area contributed by atoms with Gasteiger partial charge in [-0.1, -0.05) is 35.3 Å². The van der Waals surface area contributed by atoms with Gasteiger partial charge >= 0.3 is 0 Å². The van der Waals surface area contributed by atoms with Crippen LogP contribution in [0.5, 0.6) is 0 Å². The monoisotopic (exact) mass is 298 g/mol. The smallest absolute Gasteiger partial charge is 0.269 e. The van der Waals surface area contributed by atoms with Crippen LogP contribution in [-0.4, -0.2) is 22.8 Å². The van der Waals surface area contributed by atoms with E-state index in [1.165, 1.54) is 0 Å². The fraction of sp³-hybridized carbons (Fsp3) is 0.538.